The van der Waals surface area contributed by atoms with E-state index in [0.717, 1.165) is 0 Å². The van der Waals surface area contributed by atoms with Crippen LogP contribution in [0.2, 0.25) is 0 Å². The minimum absolute atomic E-state index is 0.161. The highest BCUT2D eigenvalue weighted by atomic mass is 16.8. The summed E-state index contributed by atoms with van der Waals surface area (Å²) in [5.41, 5.74) is 1.91. The number of nitrogens with zero attached hydrogens (tertiary/aromatic N) is 2. The standard InChI is InChI=1S/C8H17N3O5/c1-4-14-8(12)15-6-16-10-11(13)9-5-7(2)3/h7H,4-6H2,1-3H3,(H,9,10). The van der Waals surface area contributed by atoms with Crippen molar-refractivity contribution in [3.05, 3.63) is 5.21 Å². The predicted octanol–water partition coefficient (Wildman–Crippen LogP) is 1.17. The molecule has 0 aromatic heterocycles. The Morgan fingerprint density at radius 2 is 2.19 bits per heavy atom. The number of hydrogen-bond acceptors (Lipinski definition) is 6. The molecule has 0 aliphatic carbocycles. The Kier molecular flexibility index (Phi) is 7.86. The third-order valence-electron chi connectivity index (χ3n) is 1.22. The van der Waals surface area contributed by atoms with Crippen molar-refractivity contribution >= 4 is 6.16 Å². The molecule has 0 radical (unpaired) electrons. The molecule has 0 saturated heterocycles. The molecule has 16 heavy (non-hydrogen) atoms. The lowest BCUT2D eigenvalue weighted by Gasteiger charge is -2.05. The van der Waals surface area contributed by atoms with Crippen LogP contribution in [0.4, 0.5) is 4.79 Å². The van der Waals surface area contributed by atoms with Crippen molar-refractivity contribution in [2.45, 2.75) is 20.8 Å². The fourth-order valence-corrected chi connectivity index (χ4v) is 0.585. The van der Waals surface area contributed by atoms with Gasteiger partial charge in [-0.2, -0.15) is 4.84 Å². The number of carbonyl (C=O) groups is 1. The van der Waals surface area contributed by atoms with Crippen molar-refractivity contribution < 1.29 is 24.1 Å². The van der Waals surface area contributed by atoms with Gasteiger partial charge in [0.2, 0.25) is 6.79 Å². The first-order valence-electron chi connectivity index (χ1n) is 4.87. The van der Waals surface area contributed by atoms with Crippen molar-refractivity contribution in [2.75, 3.05) is 19.9 Å². The average Bonchev–Trinajstić information content (AvgIpc) is 2.22. The quantitative estimate of drug-likeness (QED) is 0.178. The Bertz CT molecular complexity index is 232. The number of rotatable bonds is 7. The van der Waals surface area contributed by atoms with Crippen molar-refractivity contribution in [3.63, 3.8) is 0 Å². The van der Waals surface area contributed by atoms with Crippen LogP contribution in [0.15, 0.2) is 5.11 Å². The highest BCUT2D eigenvalue weighted by molar-refractivity contribution is 5.59. The summed E-state index contributed by atoms with van der Waals surface area (Å²) in [5, 5.41) is 14.4. The maximum Gasteiger partial charge on any atom is 0.510 e. The van der Waals surface area contributed by atoms with Crippen molar-refractivity contribution in [1.82, 2.24) is 5.59 Å². The summed E-state index contributed by atoms with van der Waals surface area (Å²) in [6, 6.07) is 0. The van der Waals surface area contributed by atoms with Crippen LogP contribution in [0.25, 0.3) is 0 Å². The summed E-state index contributed by atoms with van der Waals surface area (Å²) in [5.74, 6) is 0.272. The molecule has 0 spiro atoms. The summed E-state index contributed by atoms with van der Waals surface area (Å²) >= 11 is 0. The minimum atomic E-state index is -0.860. The Balaban J connectivity index is 3.51. The number of nitrogens with one attached hydrogen (secondary N) is 1. The lowest BCUT2D eigenvalue weighted by atomic mass is 10.2. The molecule has 0 atom stereocenters. The Labute approximate surface area is 93.7 Å². The number of ether oxygens (including phenoxy) is 2. The van der Waals surface area contributed by atoms with Gasteiger partial charge >= 0.3 is 6.16 Å². The van der Waals surface area contributed by atoms with E-state index in [1.165, 1.54) is 0 Å². The largest absolute Gasteiger partial charge is 0.570 e. The first kappa shape index (κ1) is 14.4. The molecule has 0 rings (SSSR count). The van der Waals surface area contributed by atoms with Crippen LogP contribution < -0.4 is 5.59 Å². The smallest absolute Gasteiger partial charge is 0.510 e. The zero-order valence-electron chi connectivity index (χ0n) is 9.63. The van der Waals surface area contributed by atoms with Crippen LogP contribution in [0.5, 0.6) is 0 Å². The first-order valence-corrected chi connectivity index (χ1v) is 4.87. The lowest BCUT2D eigenvalue weighted by molar-refractivity contribution is -0.648. The van der Waals surface area contributed by atoms with Crippen molar-refractivity contribution in [2.24, 2.45) is 11.0 Å². The normalized spacial score (nSPS) is 11.4. The number of hydrazine groups is 1. The van der Waals surface area contributed by atoms with E-state index in [4.69, 9.17) is 0 Å². The zero-order valence-corrected chi connectivity index (χ0v) is 9.63. The van der Waals surface area contributed by atoms with E-state index in [1.54, 1.807) is 6.92 Å². The molecule has 0 fully saturated rings. The van der Waals surface area contributed by atoms with Gasteiger partial charge in [-0.1, -0.05) is 13.8 Å². The predicted molar refractivity (Wildman–Crippen MR) is 53.0 cm³/mol. The molecule has 0 bridgehead atoms. The molecule has 0 amide bonds. The van der Waals surface area contributed by atoms with E-state index in [-0.39, 0.29) is 17.5 Å². The van der Waals surface area contributed by atoms with Crippen molar-refractivity contribution in [3.8, 4) is 0 Å². The molecule has 1 N–H and O–H groups in total. The molecular formula is C8H17N3O5. The van der Waals surface area contributed by atoms with E-state index >= 15 is 0 Å². The van der Waals surface area contributed by atoms with Gasteiger partial charge in [-0.15, -0.1) is 0 Å². The van der Waals surface area contributed by atoms with Gasteiger partial charge in [0.05, 0.1) is 11.6 Å². The van der Waals surface area contributed by atoms with Gasteiger partial charge in [0.25, 0.3) is 0 Å². The maximum absolute atomic E-state index is 10.9. The number of carbonyl (C=O) groups excluding carboxylic acids is 1. The maximum atomic E-state index is 10.9. The van der Waals surface area contributed by atoms with Gasteiger partial charge < -0.3 is 14.7 Å². The zero-order chi connectivity index (χ0) is 12.4. The molecule has 0 aliphatic rings. The third-order valence-corrected chi connectivity index (χ3v) is 1.22. The first-order chi connectivity index (χ1) is 7.56. The van der Waals surface area contributed by atoms with Gasteiger partial charge in [0.15, 0.2) is 0 Å². The molecule has 0 heterocycles. The summed E-state index contributed by atoms with van der Waals surface area (Å²) in [6.07, 6.45) is -0.860. The molecule has 0 aromatic carbocycles. The van der Waals surface area contributed by atoms with E-state index in [9.17, 15) is 10.0 Å². The topological polar surface area (TPSA) is 95.2 Å². The van der Waals surface area contributed by atoms with E-state index in [2.05, 4.69) is 19.4 Å². The van der Waals surface area contributed by atoms with E-state index in [0.29, 0.717) is 6.54 Å². The number of hydrogen-bond donors (Lipinski definition) is 1. The highest BCUT2D eigenvalue weighted by Crippen LogP contribution is 1.91. The van der Waals surface area contributed by atoms with Gasteiger partial charge in [-0.05, 0) is 18.4 Å². The second-order valence-electron chi connectivity index (χ2n) is 3.17. The second kappa shape index (κ2) is 8.72. The summed E-state index contributed by atoms with van der Waals surface area (Å²) < 4.78 is 8.85. The Morgan fingerprint density at radius 1 is 1.50 bits per heavy atom. The van der Waals surface area contributed by atoms with Crippen molar-refractivity contribution in [1.29, 1.82) is 0 Å². The summed E-state index contributed by atoms with van der Waals surface area (Å²) in [6.45, 7) is 5.63. The van der Waals surface area contributed by atoms with Crippen LogP contribution >= 0.6 is 0 Å². The molecule has 0 aliphatic heterocycles. The van der Waals surface area contributed by atoms with Gasteiger partial charge in [-0.25, -0.2) is 4.79 Å². The average molecular weight is 235 g/mol. The Hall–Kier alpha value is -1.57. The second-order valence-corrected chi connectivity index (χ2v) is 3.17. The van der Waals surface area contributed by atoms with E-state index < -0.39 is 12.9 Å². The fourth-order valence-electron chi connectivity index (χ4n) is 0.585. The molecule has 94 valence electrons. The molecule has 0 unspecified atom stereocenters. The highest BCUT2D eigenvalue weighted by Gasteiger charge is 2.02. The molecule has 0 saturated carbocycles. The minimum Gasteiger partial charge on any atom is -0.570 e. The summed E-state index contributed by atoms with van der Waals surface area (Å²) in [4.78, 5) is 15.3. The molecule has 0 aromatic rings. The van der Waals surface area contributed by atoms with Gasteiger partial charge in [-0.3, -0.25) is 0 Å². The van der Waals surface area contributed by atoms with Crippen LogP contribution in [-0.4, -0.2) is 31.1 Å². The van der Waals surface area contributed by atoms with Gasteiger partial charge in [0.1, 0.15) is 6.54 Å². The SMILES string of the molecule is CCOC(=O)OCON[N+]([O-])=NCC(C)C. The van der Waals surface area contributed by atoms with Crippen LogP contribution in [0.1, 0.15) is 20.8 Å². The fraction of sp³-hybridized carbons (Fsp3) is 0.875. The van der Waals surface area contributed by atoms with Crippen LogP contribution in [-0.2, 0) is 14.3 Å². The molecule has 8 heteroatoms. The van der Waals surface area contributed by atoms with Crippen LogP contribution in [0, 0.1) is 11.1 Å². The monoisotopic (exact) mass is 235 g/mol. The molecule has 8 nitrogen and oxygen atoms in total. The van der Waals surface area contributed by atoms with E-state index in [1.807, 2.05) is 19.4 Å². The van der Waals surface area contributed by atoms with Crippen LogP contribution in [0.3, 0.4) is 0 Å². The lowest BCUT2D eigenvalue weighted by Crippen LogP contribution is -2.26. The molecular weight excluding hydrogens is 218 g/mol. The summed E-state index contributed by atoms with van der Waals surface area (Å²) in [7, 11) is 0. The van der Waals surface area contributed by atoms with Gasteiger partial charge in [0, 0.05) is 5.11 Å². The third kappa shape index (κ3) is 9.00. The Morgan fingerprint density at radius 3 is 2.75 bits per heavy atom.